The zero-order valence-corrected chi connectivity index (χ0v) is 8.19. The van der Waals surface area contributed by atoms with Gasteiger partial charge >= 0.3 is 0 Å². The summed E-state index contributed by atoms with van der Waals surface area (Å²) in [5.74, 6) is -1.17. The maximum absolute atomic E-state index is 10.9. The van der Waals surface area contributed by atoms with Gasteiger partial charge in [0.05, 0.1) is 5.92 Å². The molecule has 3 nitrogen and oxygen atoms in total. The summed E-state index contributed by atoms with van der Waals surface area (Å²) in [6.45, 7) is 0. The van der Waals surface area contributed by atoms with Gasteiger partial charge in [-0.25, -0.2) is 0 Å². The number of ether oxygens (including phenoxy) is 2. The molecule has 0 radical (unpaired) electrons. The molecular weight excluding hydrogens is 180 g/mol. The second-order valence-corrected chi connectivity index (χ2v) is 3.28. The van der Waals surface area contributed by atoms with Crippen LogP contribution in [-0.4, -0.2) is 20.5 Å². The van der Waals surface area contributed by atoms with Crippen molar-refractivity contribution in [1.82, 2.24) is 0 Å². The van der Waals surface area contributed by atoms with Gasteiger partial charge in [-0.2, -0.15) is 0 Å². The topological polar surface area (TPSA) is 35.5 Å². The van der Waals surface area contributed by atoms with Crippen LogP contribution in [0, 0.1) is 0 Å². The van der Waals surface area contributed by atoms with Crippen LogP contribution in [-0.2, 0) is 20.1 Å². The highest BCUT2D eigenvalue weighted by atomic mass is 16.7. The summed E-state index contributed by atoms with van der Waals surface area (Å²) < 4.78 is 10.6. The molecule has 14 heavy (non-hydrogen) atoms. The van der Waals surface area contributed by atoms with Gasteiger partial charge in [0.2, 0.25) is 5.79 Å². The largest absolute Gasteiger partial charge is 0.348 e. The molecule has 0 N–H and O–H groups in total. The van der Waals surface area contributed by atoms with E-state index in [0.29, 0.717) is 0 Å². The van der Waals surface area contributed by atoms with E-state index in [1.807, 2.05) is 24.3 Å². The maximum Gasteiger partial charge on any atom is 0.208 e. The predicted molar refractivity (Wildman–Crippen MR) is 50.9 cm³/mol. The highest BCUT2D eigenvalue weighted by molar-refractivity contribution is 5.72. The van der Waals surface area contributed by atoms with Gasteiger partial charge in [0.25, 0.3) is 0 Å². The monoisotopic (exact) mass is 192 g/mol. The molecule has 0 heterocycles. The number of carbonyl (C=O) groups excluding carboxylic acids is 1. The van der Waals surface area contributed by atoms with Crippen molar-refractivity contribution in [2.75, 3.05) is 14.2 Å². The first-order valence-corrected chi connectivity index (χ1v) is 4.45. The summed E-state index contributed by atoms with van der Waals surface area (Å²) in [6.07, 6.45) is 0.870. The number of benzene rings is 1. The van der Waals surface area contributed by atoms with Crippen LogP contribution >= 0.6 is 0 Å². The van der Waals surface area contributed by atoms with Gasteiger partial charge in [0, 0.05) is 19.8 Å². The summed E-state index contributed by atoms with van der Waals surface area (Å²) in [7, 11) is 3.10. The summed E-state index contributed by atoms with van der Waals surface area (Å²) in [5, 5.41) is 0. The van der Waals surface area contributed by atoms with Crippen LogP contribution in [0.25, 0.3) is 0 Å². The minimum Gasteiger partial charge on any atom is -0.348 e. The zero-order valence-electron chi connectivity index (χ0n) is 8.19. The highest BCUT2D eigenvalue weighted by Crippen LogP contribution is 2.51. The van der Waals surface area contributed by atoms with Crippen LogP contribution in [0.4, 0.5) is 0 Å². The Morgan fingerprint density at radius 2 is 1.93 bits per heavy atom. The van der Waals surface area contributed by atoms with Gasteiger partial charge in [0.1, 0.15) is 6.29 Å². The Morgan fingerprint density at radius 1 is 1.29 bits per heavy atom. The normalized spacial score (nSPS) is 22.3. The van der Waals surface area contributed by atoms with E-state index >= 15 is 0 Å². The van der Waals surface area contributed by atoms with Crippen molar-refractivity contribution in [1.29, 1.82) is 0 Å². The second kappa shape index (κ2) is 3.19. The van der Waals surface area contributed by atoms with Crippen molar-refractivity contribution in [2.24, 2.45) is 0 Å². The Kier molecular flexibility index (Phi) is 2.13. The van der Waals surface area contributed by atoms with Gasteiger partial charge in [0.15, 0.2) is 0 Å². The summed E-state index contributed by atoms with van der Waals surface area (Å²) >= 11 is 0. The molecule has 3 heteroatoms. The third-order valence-corrected chi connectivity index (χ3v) is 2.82. The number of hydrogen-bond acceptors (Lipinski definition) is 3. The van der Waals surface area contributed by atoms with Crippen molar-refractivity contribution in [2.45, 2.75) is 11.7 Å². The molecule has 0 aliphatic heterocycles. The predicted octanol–water partition coefficient (Wildman–Crippen LogP) is 1.43. The first kappa shape index (κ1) is 9.37. The fourth-order valence-corrected chi connectivity index (χ4v) is 2.10. The van der Waals surface area contributed by atoms with Gasteiger partial charge in [-0.1, -0.05) is 24.3 Å². The lowest BCUT2D eigenvalue weighted by atomic mass is 9.72. The molecule has 1 aliphatic rings. The van der Waals surface area contributed by atoms with E-state index in [1.54, 1.807) is 14.2 Å². The quantitative estimate of drug-likeness (QED) is 0.537. The van der Waals surface area contributed by atoms with Crippen molar-refractivity contribution < 1.29 is 14.3 Å². The fraction of sp³-hybridized carbons (Fsp3) is 0.364. The van der Waals surface area contributed by atoms with Gasteiger partial charge < -0.3 is 14.3 Å². The van der Waals surface area contributed by atoms with Gasteiger partial charge in [-0.05, 0) is 5.56 Å². The first-order valence-electron chi connectivity index (χ1n) is 4.45. The number of rotatable bonds is 3. The Bertz CT molecular complexity index is 355. The molecular formula is C11H12O3. The standard InChI is InChI=1S/C11H12O3/c1-13-11(14-2)9-6-4-3-5-8(9)10(11)7-12/h3-7,10H,1-2H3. The molecule has 0 amide bonds. The lowest BCUT2D eigenvalue weighted by Gasteiger charge is -2.45. The van der Waals surface area contributed by atoms with E-state index in [2.05, 4.69) is 0 Å². The average molecular weight is 192 g/mol. The first-order chi connectivity index (χ1) is 6.80. The lowest BCUT2D eigenvalue weighted by molar-refractivity contribution is -0.243. The van der Waals surface area contributed by atoms with Crippen molar-refractivity contribution in [3.8, 4) is 0 Å². The molecule has 1 aliphatic carbocycles. The van der Waals surface area contributed by atoms with E-state index in [0.717, 1.165) is 17.4 Å². The molecule has 0 spiro atoms. The van der Waals surface area contributed by atoms with Crippen LogP contribution in [0.15, 0.2) is 24.3 Å². The Labute approximate surface area is 82.6 Å². The Morgan fingerprint density at radius 3 is 2.50 bits per heavy atom. The Balaban J connectivity index is 2.52. The summed E-state index contributed by atoms with van der Waals surface area (Å²) in [6, 6.07) is 7.66. The van der Waals surface area contributed by atoms with Crippen molar-refractivity contribution in [3.05, 3.63) is 35.4 Å². The van der Waals surface area contributed by atoms with Crippen LogP contribution in [0.3, 0.4) is 0 Å². The van der Waals surface area contributed by atoms with Crippen LogP contribution in [0.2, 0.25) is 0 Å². The minimum atomic E-state index is -0.863. The molecule has 1 unspecified atom stereocenters. The SMILES string of the molecule is COC1(OC)c2ccccc2C1C=O. The highest BCUT2D eigenvalue weighted by Gasteiger charge is 2.53. The molecule has 0 aromatic heterocycles. The van der Waals surface area contributed by atoms with E-state index in [-0.39, 0.29) is 5.92 Å². The number of methoxy groups -OCH3 is 2. The molecule has 1 atom stereocenters. The van der Waals surface area contributed by atoms with Gasteiger partial charge in [-0.3, -0.25) is 0 Å². The third kappa shape index (κ3) is 0.910. The zero-order chi connectivity index (χ0) is 10.2. The van der Waals surface area contributed by atoms with E-state index in [9.17, 15) is 4.79 Å². The van der Waals surface area contributed by atoms with E-state index in [4.69, 9.17) is 9.47 Å². The maximum atomic E-state index is 10.9. The molecule has 74 valence electrons. The molecule has 2 rings (SSSR count). The molecule has 0 saturated carbocycles. The molecule has 0 saturated heterocycles. The second-order valence-electron chi connectivity index (χ2n) is 3.28. The van der Waals surface area contributed by atoms with Crippen LogP contribution in [0.1, 0.15) is 17.0 Å². The molecule has 0 bridgehead atoms. The number of fused-ring (bicyclic) bond motifs is 1. The molecule has 1 aromatic rings. The minimum absolute atomic E-state index is 0.311. The Hall–Kier alpha value is -1.19. The van der Waals surface area contributed by atoms with Crippen LogP contribution < -0.4 is 0 Å². The number of hydrogen-bond donors (Lipinski definition) is 0. The smallest absolute Gasteiger partial charge is 0.208 e. The van der Waals surface area contributed by atoms with Gasteiger partial charge in [-0.15, -0.1) is 0 Å². The summed E-state index contributed by atoms with van der Waals surface area (Å²) in [4.78, 5) is 10.9. The van der Waals surface area contributed by atoms with E-state index < -0.39 is 5.79 Å². The number of aldehydes is 1. The van der Waals surface area contributed by atoms with Crippen LogP contribution in [0.5, 0.6) is 0 Å². The molecule has 1 aromatic carbocycles. The molecule has 0 fully saturated rings. The van der Waals surface area contributed by atoms with Crippen molar-refractivity contribution in [3.63, 3.8) is 0 Å². The number of carbonyl (C=O) groups is 1. The fourth-order valence-electron chi connectivity index (χ4n) is 2.10. The summed E-state index contributed by atoms with van der Waals surface area (Å²) in [5.41, 5.74) is 1.94. The average Bonchev–Trinajstić information content (AvgIpc) is 2.22. The third-order valence-electron chi connectivity index (χ3n) is 2.82. The van der Waals surface area contributed by atoms with Crippen molar-refractivity contribution >= 4 is 6.29 Å². The van der Waals surface area contributed by atoms with E-state index in [1.165, 1.54) is 0 Å². The lowest BCUT2D eigenvalue weighted by Crippen LogP contribution is -2.47.